The van der Waals surface area contributed by atoms with E-state index in [0.717, 1.165) is 5.56 Å². The van der Waals surface area contributed by atoms with E-state index in [-0.39, 0.29) is 11.4 Å². The average Bonchev–Trinajstić information content (AvgIpc) is 3.00. The lowest BCUT2D eigenvalue weighted by Gasteiger charge is -2.37. The molecule has 1 unspecified atom stereocenters. The van der Waals surface area contributed by atoms with Gasteiger partial charge in [-0.25, -0.2) is 0 Å². The van der Waals surface area contributed by atoms with Crippen LogP contribution in [-0.2, 0) is 20.7 Å². The number of anilines is 1. The van der Waals surface area contributed by atoms with Crippen LogP contribution in [0.4, 0.5) is 18.9 Å². The van der Waals surface area contributed by atoms with Gasteiger partial charge in [0.2, 0.25) is 0 Å². The number of halogens is 3. The second-order valence-electron chi connectivity index (χ2n) is 5.40. The quantitative estimate of drug-likeness (QED) is 0.840. The number of amides is 1. The summed E-state index contributed by atoms with van der Waals surface area (Å²) < 4.78 is 50.2. The molecule has 5 nitrogen and oxygen atoms in total. The number of hydrogen-bond acceptors (Lipinski definition) is 5. The Kier molecular flexibility index (Phi) is 4.19. The first-order valence-corrected chi connectivity index (χ1v) is 8.01. The molecule has 1 aliphatic heterocycles. The van der Waals surface area contributed by atoms with Gasteiger partial charge >= 0.3 is 23.8 Å². The molecule has 3 rings (SSSR count). The molecule has 9 heteroatoms. The molecule has 0 saturated carbocycles. The summed E-state index contributed by atoms with van der Waals surface area (Å²) in [6, 6.07) is 7.48. The molecule has 1 atom stereocenters. The monoisotopic (exact) mass is 371 g/mol. The highest BCUT2D eigenvalue weighted by molar-refractivity contribution is 7.10. The van der Waals surface area contributed by atoms with Crippen molar-refractivity contribution in [2.24, 2.45) is 0 Å². The largest absolute Gasteiger partial charge is 0.478 e. The first-order valence-electron chi connectivity index (χ1n) is 7.13. The molecule has 0 fully saturated rings. The van der Waals surface area contributed by atoms with Gasteiger partial charge in [0.15, 0.2) is 0 Å². The van der Waals surface area contributed by atoms with Crippen LogP contribution in [-0.4, -0.2) is 23.8 Å². The molecule has 0 saturated heterocycles. The molecule has 0 spiro atoms. The number of carbonyl (C=O) groups is 2. The van der Waals surface area contributed by atoms with E-state index in [1.807, 2.05) is 0 Å². The van der Waals surface area contributed by atoms with E-state index in [9.17, 15) is 22.8 Å². The van der Waals surface area contributed by atoms with Gasteiger partial charge in [-0.05, 0) is 36.1 Å². The van der Waals surface area contributed by atoms with E-state index in [1.165, 1.54) is 29.5 Å². The average molecular weight is 371 g/mol. The maximum Gasteiger partial charge on any atom is 0.478 e. The fraction of sp³-hybridized carbons (Fsp3) is 0.250. The van der Waals surface area contributed by atoms with Crippen LogP contribution in [0.25, 0.3) is 0 Å². The van der Waals surface area contributed by atoms with Gasteiger partial charge in [0.25, 0.3) is 0 Å². The van der Waals surface area contributed by atoms with Crippen LogP contribution < -0.4 is 10.1 Å². The third-order valence-corrected chi connectivity index (χ3v) is 4.34. The smallest absolute Gasteiger partial charge is 0.435 e. The summed E-state index contributed by atoms with van der Waals surface area (Å²) in [6.07, 6.45) is -5.66. The van der Waals surface area contributed by atoms with Crippen molar-refractivity contribution >= 4 is 28.9 Å². The van der Waals surface area contributed by atoms with E-state index in [0.29, 0.717) is 4.88 Å². The van der Waals surface area contributed by atoms with Crippen LogP contribution >= 0.6 is 11.3 Å². The van der Waals surface area contributed by atoms with Crippen LogP contribution in [0, 0.1) is 6.92 Å². The highest BCUT2D eigenvalue weighted by Crippen LogP contribution is 2.43. The summed E-state index contributed by atoms with van der Waals surface area (Å²) >= 11 is 1.19. The summed E-state index contributed by atoms with van der Waals surface area (Å²) in [7, 11) is 0. The van der Waals surface area contributed by atoms with Crippen molar-refractivity contribution in [1.82, 2.24) is 0 Å². The minimum atomic E-state index is -5.26. The predicted molar refractivity (Wildman–Crippen MR) is 83.3 cm³/mol. The Hall–Kier alpha value is -2.55. The zero-order chi connectivity index (χ0) is 18.2. The molecule has 1 aromatic heterocycles. The molecule has 2 heterocycles. The third kappa shape index (κ3) is 3.19. The Morgan fingerprint density at radius 3 is 2.76 bits per heavy atom. The van der Waals surface area contributed by atoms with E-state index in [2.05, 4.69) is 10.1 Å². The number of hydrogen-bond donors (Lipinski definition) is 1. The lowest BCUT2D eigenvalue weighted by molar-refractivity contribution is -0.320. The number of ether oxygens (including phenoxy) is 2. The number of fused-ring (bicyclic) bond motifs is 1. The predicted octanol–water partition coefficient (Wildman–Crippen LogP) is 3.43. The third-order valence-electron chi connectivity index (χ3n) is 3.47. The van der Waals surface area contributed by atoms with E-state index < -0.39 is 30.3 Å². The molecule has 1 N–H and O–H groups in total. The summed E-state index contributed by atoms with van der Waals surface area (Å²) in [5.41, 5.74) is 0.802. The molecular formula is C16H12F3NO4S. The lowest BCUT2D eigenvalue weighted by Crippen LogP contribution is -2.63. The number of benzene rings is 1. The van der Waals surface area contributed by atoms with Gasteiger partial charge in [-0.2, -0.15) is 13.2 Å². The van der Waals surface area contributed by atoms with Gasteiger partial charge < -0.3 is 14.8 Å². The molecule has 1 aromatic carbocycles. The zero-order valence-electron chi connectivity index (χ0n) is 12.8. The molecule has 0 bridgehead atoms. The van der Waals surface area contributed by atoms with E-state index in [1.54, 1.807) is 24.4 Å². The number of thiophene rings is 1. The van der Waals surface area contributed by atoms with Gasteiger partial charge in [-0.3, -0.25) is 9.59 Å². The fourth-order valence-electron chi connectivity index (χ4n) is 2.30. The number of carbonyl (C=O) groups excluding carboxylic acids is 2. The van der Waals surface area contributed by atoms with Crippen LogP contribution in [0.5, 0.6) is 5.75 Å². The highest BCUT2D eigenvalue weighted by atomic mass is 32.1. The maximum absolute atomic E-state index is 13.6. The Bertz CT molecular complexity index is 819. The van der Waals surface area contributed by atoms with Crippen LogP contribution in [0.15, 0.2) is 35.7 Å². The number of aryl methyl sites for hydroxylation is 1. The van der Waals surface area contributed by atoms with Crippen molar-refractivity contribution in [1.29, 1.82) is 0 Å². The zero-order valence-corrected chi connectivity index (χ0v) is 13.7. The first kappa shape index (κ1) is 17.3. The summed E-state index contributed by atoms with van der Waals surface area (Å²) in [6.45, 7) is 1.71. The highest BCUT2D eigenvalue weighted by Gasteiger charge is 2.69. The second kappa shape index (κ2) is 6.07. The van der Waals surface area contributed by atoms with Crippen LogP contribution in [0.1, 0.15) is 10.4 Å². The Labute approximate surface area is 144 Å². The Morgan fingerprint density at radius 2 is 2.12 bits per heavy atom. The molecule has 132 valence electrons. The number of alkyl halides is 3. The summed E-state index contributed by atoms with van der Waals surface area (Å²) in [5.74, 6) is -6.77. The minimum absolute atomic E-state index is 0.0826. The number of rotatable bonds is 3. The van der Waals surface area contributed by atoms with Gasteiger partial charge in [-0.15, -0.1) is 11.3 Å². The van der Waals surface area contributed by atoms with Crippen molar-refractivity contribution in [3.63, 3.8) is 0 Å². The molecule has 0 radical (unpaired) electrons. The van der Waals surface area contributed by atoms with Gasteiger partial charge in [0.1, 0.15) is 5.75 Å². The second-order valence-corrected chi connectivity index (χ2v) is 6.43. The van der Waals surface area contributed by atoms with Crippen molar-refractivity contribution < 1.29 is 32.2 Å². The van der Waals surface area contributed by atoms with Crippen molar-refractivity contribution in [2.75, 3.05) is 5.32 Å². The molecule has 2 aromatic rings. The van der Waals surface area contributed by atoms with E-state index in [4.69, 9.17) is 4.74 Å². The molecular weight excluding hydrogens is 359 g/mol. The Morgan fingerprint density at radius 1 is 1.36 bits per heavy atom. The maximum atomic E-state index is 13.6. The Balaban J connectivity index is 1.93. The molecule has 25 heavy (non-hydrogen) atoms. The fourth-order valence-corrected chi connectivity index (χ4v) is 2.99. The lowest BCUT2D eigenvalue weighted by atomic mass is 10.1. The first-order chi connectivity index (χ1) is 11.7. The summed E-state index contributed by atoms with van der Waals surface area (Å²) in [5, 5.41) is 3.78. The van der Waals surface area contributed by atoms with Gasteiger partial charge in [0.05, 0.1) is 12.1 Å². The van der Waals surface area contributed by atoms with Gasteiger partial charge in [0, 0.05) is 4.88 Å². The van der Waals surface area contributed by atoms with Crippen molar-refractivity contribution in [3.05, 3.63) is 46.2 Å². The molecule has 1 aliphatic rings. The topological polar surface area (TPSA) is 64.6 Å². The number of esters is 1. The standard InChI is InChI=1S/C16H12F3NO4S/c1-9-4-5-12-11(7-9)20-14(22)15(23-12,16(17,18)19)24-13(21)8-10-3-2-6-25-10/h2-7H,8H2,1H3,(H,20,22). The minimum Gasteiger partial charge on any atom is -0.435 e. The normalized spacial score (nSPS) is 19.6. The van der Waals surface area contributed by atoms with Crippen molar-refractivity contribution in [3.8, 4) is 5.75 Å². The SMILES string of the molecule is Cc1ccc2c(c1)NC(=O)C(OC(=O)Cc1cccs1)(C(F)(F)F)O2. The number of nitrogens with one attached hydrogen (secondary N) is 1. The molecule has 0 aliphatic carbocycles. The summed E-state index contributed by atoms with van der Waals surface area (Å²) in [4.78, 5) is 24.6. The van der Waals surface area contributed by atoms with Gasteiger partial charge in [-0.1, -0.05) is 12.1 Å². The molecule has 1 amide bonds. The van der Waals surface area contributed by atoms with Crippen molar-refractivity contribution in [2.45, 2.75) is 25.3 Å². The van der Waals surface area contributed by atoms with Crippen LogP contribution in [0.3, 0.4) is 0 Å². The van der Waals surface area contributed by atoms with E-state index >= 15 is 0 Å². The van der Waals surface area contributed by atoms with Crippen LogP contribution in [0.2, 0.25) is 0 Å².